The summed E-state index contributed by atoms with van der Waals surface area (Å²) in [7, 11) is 0. The van der Waals surface area contributed by atoms with Crippen LogP contribution in [-0.2, 0) is 0 Å². The van der Waals surface area contributed by atoms with Crippen molar-refractivity contribution in [2.75, 3.05) is 18.4 Å². The van der Waals surface area contributed by atoms with E-state index in [1.165, 1.54) is 23.4 Å². The van der Waals surface area contributed by atoms with Gasteiger partial charge in [0.2, 0.25) is 0 Å². The number of nitrogens with one attached hydrogen (secondary N) is 2. The van der Waals surface area contributed by atoms with E-state index in [1.807, 2.05) is 0 Å². The van der Waals surface area contributed by atoms with Crippen LogP contribution < -0.4 is 5.32 Å². The number of urea groups is 1. The predicted octanol–water partition coefficient (Wildman–Crippen LogP) is 2.71. The SMILES string of the molecule is O=C(Nc1cnn(-c2ncc(Cl)cc2Cl)c1)N1CCC(c2ncn[nH]2)C1. The zero-order chi connectivity index (χ0) is 18.1. The number of amides is 2. The van der Waals surface area contributed by atoms with Crippen LogP contribution >= 0.6 is 23.2 Å². The maximum Gasteiger partial charge on any atom is 0.321 e. The number of H-pyrrole nitrogens is 1. The molecule has 1 saturated heterocycles. The molecule has 1 aliphatic rings. The number of anilines is 1. The fourth-order valence-corrected chi connectivity index (χ4v) is 3.33. The Kier molecular flexibility index (Phi) is 4.48. The zero-order valence-corrected chi connectivity index (χ0v) is 14.9. The maximum atomic E-state index is 12.5. The Bertz CT molecular complexity index is 926. The molecular formula is C15H14Cl2N8O. The number of nitrogens with zero attached hydrogens (tertiary/aromatic N) is 6. The van der Waals surface area contributed by atoms with Crippen molar-refractivity contribution in [1.29, 1.82) is 0 Å². The number of carbonyl (C=O) groups is 1. The number of hydrogen-bond acceptors (Lipinski definition) is 5. The minimum Gasteiger partial charge on any atom is -0.324 e. The van der Waals surface area contributed by atoms with E-state index in [-0.39, 0.29) is 11.9 Å². The van der Waals surface area contributed by atoms with Crippen LogP contribution in [0.3, 0.4) is 0 Å². The quantitative estimate of drug-likeness (QED) is 0.712. The Balaban J connectivity index is 1.42. The van der Waals surface area contributed by atoms with Crippen molar-refractivity contribution in [3.05, 3.63) is 46.9 Å². The van der Waals surface area contributed by atoms with E-state index in [0.29, 0.717) is 34.6 Å². The van der Waals surface area contributed by atoms with Crippen LogP contribution in [-0.4, -0.2) is 54.0 Å². The van der Waals surface area contributed by atoms with Gasteiger partial charge in [0.05, 0.1) is 28.1 Å². The molecule has 0 radical (unpaired) electrons. The number of aromatic nitrogens is 6. The molecule has 1 aliphatic heterocycles. The van der Waals surface area contributed by atoms with Gasteiger partial charge in [0, 0.05) is 25.2 Å². The molecule has 1 fully saturated rings. The zero-order valence-electron chi connectivity index (χ0n) is 13.4. The number of pyridine rings is 1. The van der Waals surface area contributed by atoms with E-state index in [2.05, 4.69) is 30.6 Å². The van der Waals surface area contributed by atoms with Crippen molar-refractivity contribution in [1.82, 2.24) is 34.8 Å². The fourth-order valence-electron chi connectivity index (χ4n) is 2.86. The Labute approximate surface area is 158 Å². The van der Waals surface area contributed by atoms with Crippen molar-refractivity contribution in [3.8, 4) is 5.82 Å². The molecule has 134 valence electrons. The third-order valence-electron chi connectivity index (χ3n) is 4.14. The van der Waals surface area contributed by atoms with E-state index in [9.17, 15) is 4.79 Å². The molecule has 3 aromatic heterocycles. The molecule has 2 amide bonds. The summed E-state index contributed by atoms with van der Waals surface area (Å²) in [6.45, 7) is 1.23. The molecule has 0 spiro atoms. The van der Waals surface area contributed by atoms with Gasteiger partial charge in [-0.3, -0.25) is 5.10 Å². The van der Waals surface area contributed by atoms with Crippen molar-refractivity contribution < 1.29 is 4.79 Å². The molecule has 9 nitrogen and oxygen atoms in total. The largest absolute Gasteiger partial charge is 0.324 e. The van der Waals surface area contributed by atoms with Crippen LogP contribution in [0.2, 0.25) is 10.0 Å². The summed E-state index contributed by atoms with van der Waals surface area (Å²) in [6, 6.07) is 1.39. The van der Waals surface area contributed by atoms with E-state index in [4.69, 9.17) is 23.2 Å². The van der Waals surface area contributed by atoms with Crippen molar-refractivity contribution in [3.63, 3.8) is 0 Å². The smallest absolute Gasteiger partial charge is 0.321 e. The summed E-state index contributed by atoms with van der Waals surface area (Å²) in [5.74, 6) is 1.41. The molecule has 0 bridgehead atoms. The summed E-state index contributed by atoms with van der Waals surface area (Å²) in [5, 5.41) is 14.5. The van der Waals surface area contributed by atoms with Crippen LogP contribution in [0.15, 0.2) is 31.0 Å². The van der Waals surface area contributed by atoms with Crippen LogP contribution in [0.25, 0.3) is 5.82 Å². The average Bonchev–Trinajstić information content (AvgIpc) is 3.36. The first-order chi connectivity index (χ1) is 12.6. The second kappa shape index (κ2) is 6.93. The second-order valence-corrected chi connectivity index (χ2v) is 6.71. The highest BCUT2D eigenvalue weighted by atomic mass is 35.5. The van der Waals surface area contributed by atoms with Crippen molar-refractivity contribution in [2.24, 2.45) is 0 Å². The van der Waals surface area contributed by atoms with Gasteiger partial charge in [-0.25, -0.2) is 19.4 Å². The van der Waals surface area contributed by atoms with Crippen LogP contribution in [0.1, 0.15) is 18.2 Å². The lowest BCUT2D eigenvalue weighted by molar-refractivity contribution is 0.222. The number of rotatable bonds is 3. The summed E-state index contributed by atoms with van der Waals surface area (Å²) in [4.78, 5) is 22.5. The molecule has 4 rings (SSSR count). The Morgan fingerprint density at radius 1 is 1.31 bits per heavy atom. The molecule has 4 heterocycles. The maximum absolute atomic E-state index is 12.5. The Morgan fingerprint density at radius 3 is 2.96 bits per heavy atom. The first-order valence-corrected chi connectivity index (χ1v) is 8.63. The van der Waals surface area contributed by atoms with Gasteiger partial charge in [-0.1, -0.05) is 23.2 Å². The normalized spacial score (nSPS) is 16.8. The number of likely N-dealkylation sites (tertiary alicyclic amines) is 1. The van der Waals surface area contributed by atoms with E-state index in [0.717, 1.165) is 12.2 Å². The standard InChI is InChI=1S/C15H14Cl2N8O/c16-10-3-12(17)14(18-4-10)25-7-11(5-21-25)22-15(26)24-2-1-9(6-24)13-19-8-20-23-13/h3-5,7-9H,1-2,6H2,(H,22,26)(H,19,20,23). The highest BCUT2D eigenvalue weighted by Gasteiger charge is 2.29. The number of aromatic amines is 1. The van der Waals surface area contributed by atoms with Crippen molar-refractivity contribution in [2.45, 2.75) is 12.3 Å². The highest BCUT2D eigenvalue weighted by molar-refractivity contribution is 6.35. The second-order valence-electron chi connectivity index (χ2n) is 5.87. The molecule has 3 aromatic rings. The average molecular weight is 393 g/mol. The Hall–Kier alpha value is -2.65. The van der Waals surface area contributed by atoms with Gasteiger partial charge in [0.25, 0.3) is 0 Å². The van der Waals surface area contributed by atoms with Gasteiger partial charge in [0.15, 0.2) is 5.82 Å². The van der Waals surface area contributed by atoms with Gasteiger partial charge in [0.1, 0.15) is 12.2 Å². The molecule has 2 N–H and O–H groups in total. The lowest BCUT2D eigenvalue weighted by Crippen LogP contribution is -2.32. The van der Waals surface area contributed by atoms with Crippen LogP contribution in [0.4, 0.5) is 10.5 Å². The van der Waals surface area contributed by atoms with E-state index >= 15 is 0 Å². The van der Waals surface area contributed by atoms with Gasteiger partial charge in [-0.15, -0.1) is 0 Å². The van der Waals surface area contributed by atoms with Gasteiger partial charge in [-0.2, -0.15) is 10.2 Å². The number of carbonyl (C=O) groups excluding carboxylic acids is 1. The van der Waals surface area contributed by atoms with Gasteiger partial charge < -0.3 is 10.2 Å². The molecule has 0 aromatic carbocycles. The highest BCUT2D eigenvalue weighted by Crippen LogP contribution is 2.25. The third-order valence-corrected chi connectivity index (χ3v) is 4.62. The molecule has 1 atom stereocenters. The minimum absolute atomic E-state index is 0.169. The summed E-state index contributed by atoms with van der Waals surface area (Å²) in [5.41, 5.74) is 0.547. The first-order valence-electron chi connectivity index (χ1n) is 7.87. The van der Waals surface area contributed by atoms with Gasteiger partial charge in [-0.05, 0) is 12.5 Å². The third kappa shape index (κ3) is 3.35. The lowest BCUT2D eigenvalue weighted by Gasteiger charge is -2.16. The van der Waals surface area contributed by atoms with E-state index < -0.39 is 0 Å². The van der Waals surface area contributed by atoms with E-state index in [1.54, 1.807) is 17.2 Å². The monoisotopic (exact) mass is 392 g/mol. The Morgan fingerprint density at radius 2 is 2.19 bits per heavy atom. The molecule has 26 heavy (non-hydrogen) atoms. The predicted molar refractivity (Wildman–Crippen MR) is 95.7 cm³/mol. The summed E-state index contributed by atoms with van der Waals surface area (Å²) in [6.07, 6.45) is 6.98. The topological polar surface area (TPSA) is 105 Å². The summed E-state index contributed by atoms with van der Waals surface area (Å²) < 4.78 is 1.48. The molecule has 11 heteroatoms. The molecular weight excluding hydrogens is 379 g/mol. The molecule has 0 saturated carbocycles. The van der Waals surface area contributed by atoms with Crippen molar-refractivity contribution >= 4 is 34.9 Å². The van der Waals surface area contributed by atoms with Crippen LogP contribution in [0, 0.1) is 0 Å². The van der Waals surface area contributed by atoms with Crippen LogP contribution in [0.5, 0.6) is 0 Å². The minimum atomic E-state index is -0.193. The fraction of sp³-hybridized carbons (Fsp3) is 0.267. The molecule has 1 unspecified atom stereocenters. The number of halogens is 2. The van der Waals surface area contributed by atoms with Gasteiger partial charge >= 0.3 is 6.03 Å². The molecule has 0 aliphatic carbocycles. The first kappa shape index (κ1) is 16.8. The lowest BCUT2D eigenvalue weighted by atomic mass is 10.1. The number of hydrogen-bond donors (Lipinski definition) is 2. The summed E-state index contributed by atoms with van der Waals surface area (Å²) >= 11 is 12.0.